The van der Waals surface area contributed by atoms with E-state index in [0.29, 0.717) is 17.2 Å². The SMILES string of the molecule is O=C(O)CC(NC(=O)CN1CSCC1=O)c1cccc(Br)c1. The third-order valence-corrected chi connectivity index (χ3v) is 4.56. The molecule has 1 aromatic rings. The average Bonchev–Trinajstić information content (AvgIpc) is 2.83. The Kier molecular flexibility index (Phi) is 5.84. The third-order valence-electron chi connectivity index (χ3n) is 3.12. The maximum atomic E-state index is 12.1. The Labute approximate surface area is 140 Å². The quantitative estimate of drug-likeness (QED) is 0.775. The van der Waals surface area contributed by atoms with Crippen molar-refractivity contribution in [2.45, 2.75) is 12.5 Å². The molecule has 2 N–H and O–H groups in total. The first-order valence-electron chi connectivity index (χ1n) is 6.58. The number of hydrogen-bond acceptors (Lipinski definition) is 4. The van der Waals surface area contributed by atoms with Gasteiger partial charge in [0.15, 0.2) is 0 Å². The van der Waals surface area contributed by atoms with Gasteiger partial charge in [0.2, 0.25) is 11.8 Å². The van der Waals surface area contributed by atoms with Gasteiger partial charge in [-0.2, -0.15) is 0 Å². The number of hydrogen-bond donors (Lipinski definition) is 2. The maximum Gasteiger partial charge on any atom is 0.305 e. The normalized spacial score (nSPS) is 15.7. The standard InChI is InChI=1S/C14H15BrN2O4S/c15-10-3-1-2-9(4-10)11(5-14(20)21)16-12(18)6-17-8-22-7-13(17)19/h1-4,11H,5-8H2,(H,16,18)(H,20,21). The summed E-state index contributed by atoms with van der Waals surface area (Å²) in [6, 6.07) is 6.50. The van der Waals surface area contributed by atoms with Gasteiger partial charge < -0.3 is 15.3 Å². The van der Waals surface area contributed by atoms with Crippen LogP contribution in [-0.2, 0) is 14.4 Å². The molecule has 1 saturated heterocycles. The Morgan fingerprint density at radius 1 is 1.45 bits per heavy atom. The first-order chi connectivity index (χ1) is 10.5. The first-order valence-corrected chi connectivity index (χ1v) is 8.52. The molecule has 1 aromatic carbocycles. The van der Waals surface area contributed by atoms with Crippen molar-refractivity contribution < 1.29 is 19.5 Å². The molecule has 1 heterocycles. The van der Waals surface area contributed by atoms with Gasteiger partial charge in [-0.1, -0.05) is 28.1 Å². The molecule has 0 radical (unpaired) electrons. The highest BCUT2D eigenvalue weighted by Gasteiger charge is 2.25. The summed E-state index contributed by atoms with van der Waals surface area (Å²) in [6.45, 7) is -0.0457. The van der Waals surface area contributed by atoms with Gasteiger partial charge in [-0.25, -0.2) is 0 Å². The number of nitrogens with one attached hydrogen (secondary N) is 1. The van der Waals surface area contributed by atoms with Crippen molar-refractivity contribution in [3.8, 4) is 0 Å². The molecule has 8 heteroatoms. The summed E-state index contributed by atoms with van der Waals surface area (Å²) in [5.74, 6) is -0.554. The Balaban J connectivity index is 2.04. The topological polar surface area (TPSA) is 86.7 Å². The van der Waals surface area contributed by atoms with Crippen LogP contribution in [0.25, 0.3) is 0 Å². The second kappa shape index (κ2) is 7.64. The van der Waals surface area contributed by atoms with Gasteiger partial charge in [-0.3, -0.25) is 14.4 Å². The van der Waals surface area contributed by atoms with E-state index in [0.717, 1.165) is 4.47 Å². The van der Waals surface area contributed by atoms with Gasteiger partial charge in [0.25, 0.3) is 0 Å². The number of benzene rings is 1. The number of amides is 2. The number of carbonyl (C=O) groups excluding carboxylic acids is 2. The third kappa shape index (κ3) is 4.74. The van der Waals surface area contributed by atoms with Crippen molar-refractivity contribution >= 4 is 45.5 Å². The average molecular weight is 387 g/mol. The zero-order valence-electron chi connectivity index (χ0n) is 11.6. The minimum absolute atomic E-state index is 0.0457. The van der Waals surface area contributed by atoms with Crippen LogP contribution in [0.2, 0.25) is 0 Å². The van der Waals surface area contributed by atoms with Gasteiger partial charge in [-0.05, 0) is 17.7 Å². The van der Waals surface area contributed by atoms with Crippen molar-refractivity contribution in [2.75, 3.05) is 18.2 Å². The summed E-state index contributed by atoms with van der Waals surface area (Å²) in [6.07, 6.45) is -0.217. The number of thioether (sulfide) groups is 1. The number of carboxylic acid groups (broad SMARTS) is 1. The van der Waals surface area contributed by atoms with E-state index in [4.69, 9.17) is 5.11 Å². The lowest BCUT2D eigenvalue weighted by molar-refractivity contribution is -0.138. The highest BCUT2D eigenvalue weighted by atomic mass is 79.9. The second-order valence-corrected chi connectivity index (χ2v) is 6.71. The lowest BCUT2D eigenvalue weighted by Gasteiger charge is -2.20. The van der Waals surface area contributed by atoms with E-state index in [1.807, 2.05) is 6.07 Å². The lowest BCUT2D eigenvalue weighted by atomic mass is 10.0. The second-order valence-electron chi connectivity index (χ2n) is 4.84. The molecule has 118 valence electrons. The smallest absolute Gasteiger partial charge is 0.305 e. The molecule has 1 aliphatic rings. The fourth-order valence-electron chi connectivity index (χ4n) is 2.10. The highest BCUT2D eigenvalue weighted by Crippen LogP contribution is 2.21. The van der Waals surface area contributed by atoms with Gasteiger partial charge >= 0.3 is 5.97 Å². The summed E-state index contributed by atoms with van der Waals surface area (Å²) in [7, 11) is 0. The van der Waals surface area contributed by atoms with Crippen LogP contribution in [0.1, 0.15) is 18.0 Å². The summed E-state index contributed by atoms with van der Waals surface area (Å²) in [5, 5.41) is 11.7. The summed E-state index contributed by atoms with van der Waals surface area (Å²) >= 11 is 4.78. The van der Waals surface area contributed by atoms with Crippen molar-refractivity contribution in [1.82, 2.24) is 10.2 Å². The monoisotopic (exact) mass is 386 g/mol. The molecule has 22 heavy (non-hydrogen) atoms. The number of aliphatic carboxylic acids is 1. The van der Waals surface area contributed by atoms with Crippen LogP contribution >= 0.6 is 27.7 Å². The Bertz CT molecular complexity index is 596. The van der Waals surface area contributed by atoms with Gasteiger partial charge in [0.1, 0.15) is 6.54 Å². The number of carbonyl (C=O) groups is 3. The fraction of sp³-hybridized carbons (Fsp3) is 0.357. The van der Waals surface area contributed by atoms with Crippen LogP contribution in [0.5, 0.6) is 0 Å². The molecule has 1 aliphatic heterocycles. The minimum atomic E-state index is -1.00. The van der Waals surface area contributed by atoms with E-state index >= 15 is 0 Å². The van der Waals surface area contributed by atoms with Crippen molar-refractivity contribution in [3.05, 3.63) is 34.3 Å². The van der Waals surface area contributed by atoms with Gasteiger partial charge in [0.05, 0.1) is 24.1 Å². The van der Waals surface area contributed by atoms with Crippen LogP contribution in [0.3, 0.4) is 0 Å². The van der Waals surface area contributed by atoms with Crippen molar-refractivity contribution in [2.24, 2.45) is 0 Å². The van der Waals surface area contributed by atoms with Crippen molar-refractivity contribution in [3.63, 3.8) is 0 Å². The predicted octanol–water partition coefficient (Wildman–Crippen LogP) is 1.61. The zero-order chi connectivity index (χ0) is 16.1. The van der Waals surface area contributed by atoms with E-state index in [-0.39, 0.29) is 24.8 Å². The van der Waals surface area contributed by atoms with Crippen LogP contribution in [0.15, 0.2) is 28.7 Å². The highest BCUT2D eigenvalue weighted by molar-refractivity contribution is 9.10. The zero-order valence-corrected chi connectivity index (χ0v) is 14.0. The molecular weight excluding hydrogens is 372 g/mol. The molecule has 1 atom stereocenters. The van der Waals surface area contributed by atoms with E-state index in [9.17, 15) is 14.4 Å². The molecule has 0 bridgehead atoms. The molecule has 0 aliphatic carbocycles. The Hall–Kier alpha value is -1.54. The van der Waals surface area contributed by atoms with E-state index in [1.165, 1.54) is 16.7 Å². The molecule has 1 fully saturated rings. The Morgan fingerprint density at radius 3 is 2.82 bits per heavy atom. The molecule has 2 amide bonds. The predicted molar refractivity (Wildman–Crippen MR) is 86.3 cm³/mol. The van der Waals surface area contributed by atoms with E-state index < -0.39 is 12.0 Å². The van der Waals surface area contributed by atoms with Crippen LogP contribution in [0.4, 0.5) is 0 Å². The van der Waals surface area contributed by atoms with E-state index in [1.54, 1.807) is 18.2 Å². The van der Waals surface area contributed by atoms with Gasteiger partial charge in [0, 0.05) is 4.47 Å². The molecule has 1 unspecified atom stereocenters. The molecular formula is C14H15BrN2O4S. The summed E-state index contributed by atoms with van der Waals surface area (Å²) in [5.41, 5.74) is 0.701. The maximum absolute atomic E-state index is 12.1. The summed E-state index contributed by atoms with van der Waals surface area (Å²) < 4.78 is 0.806. The first kappa shape index (κ1) is 16.8. The minimum Gasteiger partial charge on any atom is -0.481 e. The van der Waals surface area contributed by atoms with Crippen LogP contribution < -0.4 is 5.32 Å². The van der Waals surface area contributed by atoms with E-state index in [2.05, 4.69) is 21.2 Å². The number of halogens is 1. The molecule has 2 rings (SSSR count). The van der Waals surface area contributed by atoms with Crippen molar-refractivity contribution in [1.29, 1.82) is 0 Å². The largest absolute Gasteiger partial charge is 0.481 e. The number of carboxylic acids is 1. The van der Waals surface area contributed by atoms with Crippen LogP contribution in [-0.4, -0.2) is 46.0 Å². The molecule has 0 spiro atoms. The van der Waals surface area contributed by atoms with Gasteiger partial charge in [-0.15, -0.1) is 11.8 Å². The molecule has 0 aromatic heterocycles. The molecule has 0 saturated carbocycles. The summed E-state index contributed by atoms with van der Waals surface area (Å²) in [4.78, 5) is 36.1. The number of rotatable bonds is 6. The molecule has 6 nitrogen and oxygen atoms in total. The fourth-order valence-corrected chi connectivity index (χ4v) is 3.42. The van der Waals surface area contributed by atoms with Crippen LogP contribution in [0, 0.1) is 0 Å². The lowest BCUT2D eigenvalue weighted by Crippen LogP contribution is -2.40. The Morgan fingerprint density at radius 2 is 2.23 bits per heavy atom. The number of nitrogens with zero attached hydrogens (tertiary/aromatic N) is 1.